The van der Waals surface area contributed by atoms with Crippen molar-refractivity contribution < 1.29 is 23.8 Å². The van der Waals surface area contributed by atoms with Crippen molar-refractivity contribution in [2.45, 2.75) is 26.7 Å². The van der Waals surface area contributed by atoms with Gasteiger partial charge in [0.25, 0.3) is 0 Å². The number of hydrogen-bond donors (Lipinski definition) is 0. The second-order valence-electron chi connectivity index (χ2n) is 5.47. The van der Waals surface area contributed by atoms with Crippen LogP contribution in [-0.4, -0.2) is 50.2 Å². The average Bonchev–Trinajstić information content (AvgIpc) is 2.67. The third-order valence-electron chi connectivity index (χ3n) is 3.60. The third kappa shape index (κ3) is 7.82. The van der Waals surface area contributed by atoms with Crippen LogP contribution in [0.15, 0.2) is 24.3 Å². The number of carbonyl (C=O) groups excluding carboxylic acids is 2. The van der Waals surface area contributed by atoms with Crippen molar-refractivity contribution in [3.63, 3.8) is 0 Å². The maximum absolute atomic E-state index is 12.4. The summed E-state index contributed by atoms with van der Waals surface area (Å²) < 4.78 is 15.6. The minimum atomic E-state index is -0.368. The molecule has 0 saturated carbocycles. The lowest BCUT2D eigenvalue weighted by atomic mass is 10.2. The Morgan fingerprint density at radius 1 is 1.19 bits per heavy atom. The van der Waals surface area contributed by atoms with E-state index in [-0.39, 0.29) is 37.8 Å². The van der Waals surface area contributed by atoms with Gasteiger partial charge >= 0.3 is 5.97 Å². The molecule has 1 aromatic carbocycles. The van der Waals surface area contributed by atoms with Crippen LogP contribution in [0.2, 0.25) is 0 Å². The largest absolute Gasteiger partial charge is 0.493 e. The summed E-state index contributed by atoms with van der Waals surface area (Å²) in [5.74, 6) is 0.568. The molecule has 1 aromatic rings. The Kier molecular flexibility index (Phi) is 10.1. The minimum absolute atomic E-state index is 0.0930. The molecule has 0 unspecified atom stereocenters. The van der Waals surface area contributed by atoms with E-state index in [0.29, 0.717) is 24.7 Å². The van der Waals surface area contributed by atoms with Gasteiger partial charge in [0, 0.05) is 19.2 Å². The van der Waals surface area contributed by atoms with E-state index in [0.717, 1.165) is 5.56 Å². The first-order valence-electron chi connectivity index (χ1n) is 8.86. The number of rotatable bonds is 11. The molecule has 0 atom stereocenters. The number of benzene rings is 1. The van der Waals surface area contributed by atoms with Crippen LogP contribution < -0.4 is 9.47 Å². The fourth-order valence-electron chi connectivity index (χ4n) is 2.31. The molecule has 0 N–H and O–H groups in total. The molecule has 0 saturated heterocycles. The second-order valence-corrected chi connectivity index (χ2v) is 5.47. The van der Waals surface area contributed by atoms with E-state index in [4.69, 9.17) is 19.5 Å². The predicted octanol–water partition coefficient (Wildman–Crippen LogP) is 2.80. The lowest BCUT2D eigenvalue weighted by Gasteiger charge is -2.19. The summed E-state index contributed by atoms with van der Waals surface area (Å²) in [5, 5.41) is 8.77. The van der Waals surface area contributed by atoms with E-state index >= 15 is 0 Å². The Morgan fingerprint density at radius 2 is 1.96 bits per heavy atom. The molecule has 0 fully saturated rings. The predicted molar refractivity (Wildman–Crippen MR) is 101 cm³/mol. The molecule has 7 nitrogen and oxygen atoms in total. The van der Waals surface area contributed by atoms with Crippen molar-refractivity contribution in [1.29, 1.82) is 5.26 Å². The summed E-state index contributed by atoms with van der Waals surface area (Å²) in [5.41, 5.74) is 0.772. The highest BCUT2D eigenvalue weighted by atomic mass is 16.5. The zero-order chi connectivity index (χ0) is 20.1. The van der Waals surface area contributed by atoms with Crippen LogP contribution in [0.25, 0.3) is 6.08 Å². The van der Waals surface area contributed by atoms with Crippen molar-refractivity contribution in [1.82, 2.24) is 4.90 Å². The van der Waals surface area contributed by atoms with Crippen LogP contribution in [0.4, 0.5) is 0 Å². The maximum atomic E-state index is 12.4. The van der Waals surface area contributed by atoms with Gasteiger partial charge in [0.15, 0.2) is 11.5 Å². The second kappa shape index (κ2) is 12.4. The maximum Gasteiger partial charge on any atom is 0.307 e. The van der Waals surface area contributed by atoms with E-state index in [1.54, 1.807) is 32.2 Å². The van der Waals surface area contributed by atoms with Crippen LogP contribution >= 0.6 is 0 Å². The first kappa shape index (κ1) is 22.0. The molecule has 0 heterocycles. The molecular weight excluding hydrogens is 348 g/mol. The number of nitrogens with zero attached hydrogens (tertiary/aromatic N) is 2. The first-order chi connectivity index (χ1) is 13.0. The van der Waals surface area contributed by atoms with Crippen molar-refractivity contribution in [3.8, 4) is 17.6 Å². The minimum Gasteiger partial charge on any atom is -0.493 e. The number of nitriles is 1. The highest BCUT2D eigenvalue weighted by molar-refractivity contribution is 5.92. The highest BCUT2D eigenvalue weighted by Gasteiger charge is 2.13. The molecule has 27 heavy (non-hydrogen) atoms. The topological polar surface area (TPSA) is 88.9 Å². The van der Waals surface area contributed by atoms with E-state index in [2.05, 4.69) is 0 Å². The van der Waals surface area contributed by atoms with Gasteiger partial charge in [0.05, 0.1) is 39.2 Å². The molecule has 0 spiro atoms. The smallest absolute Gasteiger partial charge is 0.307 e. The van der Waals surface area contributed by atoms with E-state index < -0.39 is 0 Å². The summed E-state index contributed by atoms with van der Waals surface area (Å²) in [6.07, 6.45) is 3.36. The summed E-state index contributed by atoms with van der Waals surface area (Å²) in [6.45, 7) is 4.90. The molecule has 0 bridgehead atoms. The molecule has 1 amide bonds. The zero-order valence-corrected chi connectivity index (χ0v) is 16.1. The summed E-state index contributed by atoms with van der Waals surface area (Å²) in [7, 11) is 1.55. The Balaban J connectivity index is 2.80. The third-order valence-corrected chi connectivity index (χ3v) is 3.60. The Hall–Kier alpha value is -3.01. The molecular formula is C20H26N2O5. The number of amides is 1. The lowest BCUT2D eigenvalue weighted by molar-refractivity contribution is -0.143. The molecule has 0 aromatic heterocycles. The average molecular weight is 374 g/mol. The first-order valence-corrected chi connectivity index (χ1v) is 8.86. The number of carbonyl (C=O) groups is 2. The standard InChI is InChI=1S/C20H26N2O5/c1-4-26-17-9-7-16(15-18(17)25-3)8-10-19(23)22(13-6-12-21)14-11-20(24)27-5-2/h7-10,15H,4-6,11,13-14H2,1-3H3/b10-8+. The fraction of sp³-hybridized carbons (Fsp3) is 0.450. The quantitative estimate of drug-likeness (QED) is 0.437. The highest BCUT2D eigenvalue weighted by Crippen LogP contribution is 2.28. The van der Waals surface area contributed by atoms with E-state index in [1.165, 1.54) is 11.0 Å². The van der Waals surface area contributed by atoms with Crippen LogP contribution in [0, 0.1) is 11.3 Å². The van der Waals surface area contributed by atoms with Gasteiger partial charge in [-0.3, -0.25) is 9.59 Å². The fourth-order valence-corrected chi connectivity index (χ4v) is 2.31. The van der Waals surface area contributed by atoms with Crippen molar-refractivity contribution in [2.75, 3.05) is 33.4 Å². The normalized spacial score (nSPS) is 10.3. The van der Waals surface area contributed by atoms with Gasteiger partial charge < -0.3 is 19.1 Å². The Bertz CT molecular complexity index is 694. The van der Waals surface area contributed by atoms with Gasteiger partial charge in [0.1, 0.15) is 0 Å². The van der Waals surface area contributed by atoms with Gasteiger partial charge in [-0.15, -0.1) is 0 Å². The van der Waals surface area contributed by atoms with Gasteiger partial charge in [-0.05, 0) is 37.6 Å². The SMILES string of the molecule is CCOC(=O)CCN(CCC#N)C(=O)/C=C/c1ccc(OCC)c(OC)c1. The molecule has 0 radical (unpaired) electrons. The van der Waals surface area contributed by atoms with E-state index in [9.17, 15) is 9.59 Å². The molecule has 0 aliphatic carbocycles. The number of esters is 1. The summed E-state index contributed by atoms with van der Waals surface area (Å²) in [6, 6.07) is 7.37. The Morgan fingerprint density at radius 3 is 2.59 bits per heavy atom. The number of ether oxygens (including phenoxy) is 3. The van der Waals surface area contributed by atoms with Crippen LogP contribution in [0.5, 0.6) is 11.5 Å². The van der Waals surface area contributed by atoms with Crippen LogP contribution in [0.3, 0.4) is 0 Å². The lowest BCUT2D eigenvalue weighted by Crippen LogP contribution is -2.32. The van der Waals surface area contributed by atoms with Crippen LogP contribution in [-0.2, 0) is 14.3 Å². The van der Waals surface area contributed by atoms with Gasteiger partial charge in [0.2, 0.25) is 5.91 Å². The molecule has 0 aliphatic rings. The number of methoxy groups -OCH3 is 1. The van der Waals surface area contributed by atoms with Crippen LogP contribution in [0.1, 0.15) is 32.3 Å². The molecule has 1 rings (SSSR count). The van der Waals surface area contributed by atoms with Crippen molar-refractivity contribution in [2.24, 2.45) is 0 Å². The summed E-state index contributed by atoms with van der Waals surface area (Å²) >= 11 is 0. The molecule has 0 aliphatic heterocycles. The molecule has 146 valence electrons. The number of hydrogen-bond acceptors (Lipinski definition) is 6. The summed E-state index contributed by atoms with van der Waals surface area (Å²) in [4.78, 5) is 25.4. The zero-order valence-electron chi connectivity index (χ0n) is 16.1. The van der Waals surface area contributed by atoms with Gasteiger partial charge in [-0.2, -0.15) is 5.26 Å². The van der Waals surface area contributed by atoms with Crippen molar-refractivity contribution in [3.05, 3.63) is 29.8 Å². The Labute approximate surface area is 160 Å². The van der Waals surface area contributed by atoms with Gasteiger partial charge in [-0.1, -0.05) is 6.07 Å². The monoisotopic (exact) mass is 374 g/mol. The van der Waals surface area contributed by atoms with Gasteiger partial charge in [-0.25, -0.2) is 0 Å². The van der Waals surface area contributed by atoms with E-state index in [1.807, 2.05) is 19.1 Å². The molecule has 7 heteroatoms. The van der Waals surface area contributed by atoms with Crippen molar-refractivity contribution >= 4 is 18.0 Å².